The Morgan fingerprint density at radius 2 is 1.96 bits per heavy atom. The van der Waals surface area contributed by atoms with Gasteiger partial charge in [0.05, 0.1) is 26.1 Å². The van der Waals surface area contributed by atoms with E-state index in [-0.39, 0.29) is 39.7 Å². The van der Waals surface area contributed by atoms with Crippen LogP contribution in [0.4, 0.5) is 17.6 Å². The summed E-state index contributed by atoms with van der Waals surface area (Å²) >= 11 is 12.1. The minimum Gasteiger partial charge on any atom is -0.294 e. The Hall–Kier alpha value is -1.65. The molecule has 0 aliphatic heterocycles. The van der Waals surface area contributed by atoms with Crippen LogP contribution in [0.2, 0.25) is 5.02 Å². The molecule has 0 radical (unpaired) electrons. The summed E-state index contributed by atoms with van der Waals surface area (Å²) in [6, 6.07) is 4.05. The van der Waals surface area contributed by atoms with Crippen molar-refractivity contribution in [2.45, 2.75) is 12.7 Å². The molecule has 0 saturated carbocycles. The molecule has 3 aromatic rings. The molecule has 1 aromatic heterocycles. The Bertz CT molecular complexity index is 1290. The average molecular weight is 548 g/mol. The number of halogens is 7. The predicted octanol–water partition coefficient (Wildman–Crippen LogP) is 5.45. The van der Waals surface area contributed by atoms with E-state index in [9.17, 15) is 27.2 Å². The third kappa shape index (κ3) is 3.65. The lowest BCUT2D eigenvalue weighted by molar-refractivity contribution is -0.140. The van der Waals surface area contributed by atoms with Crippen LogP contribution in [0.25, 0.3) is 11.0 Å². The molecule has 4 nitrogen and oxygen atoms in total. The van der Waals surface area contributed by atoms with Crippen molar-refractivity contribution in [2.75, 3.05) is 0 Å². The van der Waals surface area contributed by atoms with Crippen molar-refractivity contribution >= 4 is 60.3 Å². The van der Waals surface area contributed by atoms with E-state index in [0.717, 1.165) is 24.3 Å². The van der Waals surface area contributed by atoms with Gasteiger partial charge in [0.1, 0.15) is 12.4 Å². The number of aromatic nitrogens is 2. The largest absolute Gasteiger partial charge is 0.406 e. The van der Waals surface area contributed by atoms with Gasteiger partial charge in [-0.1, -0.05) is 11.6 Å². The Morgan fingerprint density at radius 3 is 2.57 bits per heavy atom. The van der Waals surface area contributed by atoms with E-state index in [0.29, 0.717) is 0 Å². The van der Waals surface area contributed by atoms with Gasteiger partial charge in [0, 0.05) is 21.1 Å². The summed E-state index contributed by atoms with van der Waals surface area (Å²) in [5.41, 5.74) is -2.78. The van der Waals surface area contributed by atoms with Gasteiger partial charge < -0.3 is 0 Å². The number of rotatable bonds is 3. The number of aryl methyl sites for hydroxylation is 1. The highest BCUT2D eigenvalue weighted by molar-refractivity contribution is 9.11. The van der Waals surface area contributed by atoms with Crippen molar-refractivity contribution in [1.29, 1.82) is 0 Å². The molecule has 3 rings (SSSR count). The predicted molar refractivity (Wildman–Crippen MR) is 103 cm³/mol. The van der Waals surface area contributed by atoms with E-state index in [1.54, 1.807) is 0 Å². The smallest absolute Gasteiger partial charge is 0.294 e. The molecule has 0 N–H and O–H groups in total. The molecule has 28 heavy (non-hydrogen) atoms. The third-order valence-corrected chi connectivity index (χ3v) is 5.57. The minimum atomic E-state index is -4.82. The minimum absolute atomic E-state index is 0.0594. The highest BCUT2D eigenvalue weighted by atomic mass is 79.9. The van der Waals surface area contributed by atoms with E-state index in [4.69, 9.17) is 15.7 Å². The monoisotopic (exact) mass is 545 g/mol. The first-order valence-electron chi connectivity index (χ1n) is 8.83. The lowest BCUT2D eigenvalue weighted by Gasteiger charge is -2.12. The fourth-order valence-electron chi connectivity index (χ4n) is 2.68. The lowest BCUT2D eigenvalue weighted by atomic mass is 10.0. The molecule has 11 heteroatoms. The summed E-state index contributed by atoms with van der Waals surface area (Å²) < 4.78 is 75.7. The van der Waals surface area contributed by atoms with E-state index in [1.165, 1.54) is 0 Å². The Kier molecular flexibility index (Phi) is 4.50. The van der Waals surface area contributed by atoms with E-state index in [2.05, 4.69) is 31.9 Å². The normalized spacial score (nSPS) is 14.0. The molecule has 0 bridgehead atoms. The SMILES string of the molecule is [2H]C([2H])([2H])n1c(=O)n(CC(F)(F)F)c2cc(Br)c(C(=O)c3cc(F)ccc3Cl)c(Br)c21. The van der Waals surface area contributed by atoms with Gasteiger partial charge in [0.25, 0.3) is 0 Å². The number of fused-ring (bicyclic) bond motifs is 1. The van der Waals surface area contributed by atoms with Gasteiger partial charge in [-0.05, 0) is 56.1 Å². The summed E-state index contributed by atoms with van der Waals surface area (Å²) in [5.74, 6) is -1.62. The van der Waals surface area contributed by atoms with Crippen LogP contribution in [0.15, 0.2) is 38.0 Å². The van der Waals surface area contributed by atoms with Crippen molar-refractivity contribution in [3.05, 3.63) is 65.7 Å². The number of imidazole rings is 1. The fraction of sp³-hybridized carbons (Fsp3) is 0.176. The number of ketones is 1. The van der Waals surface area contributed by atoms with Crippen molar-refractivity contribution < 1.29 is 26.5 Å². The van der Waals surface area contributed by atoms with Gasteiger partial charge in [-0.3, -0.25) is 13.9 Å². The first-order chi connectivity index (χ1) is 14.1. The fourth-order valence-corrected chi connectivity index (χ4v) is 4.52. The van der Waals surface area contributed by atoms with Crippen LogP contribution in [0.3, 0.4) is 0 Å². The summed E-state index contributed by atoms with van der Waals surface area (Å²) in [5, 5.41) is -0.104. The first-order valence-corrected chi connectivity index (χ1v) is 9.30. The molecule has 2 aromatic carbocycles. The zero-order valence-corrected chi connectivity index (χ0v) is 17.3. The number of hydrogen-bond acceptors (Lipinski definition) is 2. The van der Waals surface area contributed by atoms with Crippen molar-refractivity contribution in [2.24, 2.45) is 6.98 Å². The maximum atomic E-state index is 13.6. The van der Waals surface area contributed by atoms with Crippen molar-refractivity contribution in [3.63, 3.8) is 0 Å². The molecule has 0 atom stereocenters. The Labute approximate surface area is 181 Å². The number of carbonyl (C=O) groups excluding carboxylic acids is 1. The highest BCUT2D eigenvalue weighted by Crippen LogP contribution is 2.36. The van der Waals surface area contributed by atoms with Gasteiger partial charge in [-0.2, -0.15) is 13.2 Å². The molecular formula is C17H9Br2ClF4N2O2. The van der Waals surface area contributed by atoms with Crippen LogP contribution < -0.4 is 5.69 Å². The van der Waals surface area contributed by atoms with Crippen LogP contribution in [0.1, 0.15) is 20.0 Å². The maximum absolute atomic E-state index is 13.6. The summed E-state index contributed by atoms with van der Waals surface area (Å²) in [6.07, 6.45) is -4.82. The van der Waals surface area contributed by atoms with E-state index >= 15 is 0 Å². The molecule has 0 aliphatic carbocycles. The third-order valence-electron chi connectivity index (χ3n) is 3.85. The van der Waals surface area contributed by atoms with Gasteiger partial charge in [-0.25, -0.2) is 9.18 Å². The van der Waals surface area contributed by atoms with Crippen LogP contribution >= 0.6 is 43.5 Å². The lowest BCUT2D eigenvalue weighted by Crippen LogP contribution is -2.28. The highest BCUT2D eigenvalue weighted by Gasteiger charge is 2.32. The van der Waals surface area contributed by atoms with Crippen molar-refractivity contribution in [1.82, 2.24) is 9.13 Å². The van der Waals surface area contributed by atoms with Gasteiger partial charge in [-0.15, -0.1) is 0 Å². The number of alkyl halides is 3. The number of carbonyl (C=O) groups is 1. The zero-order valence-electron chi connectivity index (χ0n) is 16.4. The van der Waals surface area contributed by atoms with Crippen LogP contribution in [-0.2, 0) is 13.5 Å². The second-order valence-electron chi connectivity index (χ2n) is 5.69. The number of hydrogen-bond donors (Lipinski definition) is 0. The van der Waals surface area contributed by atoms with Crippen LogP contribution in [0, 0.1) is 5.82 Å². The van der Waals surface area contributed by atoms with Crippen LogP contribution in [0.5, 0.6) is 0 Å². The maximum Gasteiger partial charge on any atom is 0.406 e. The quantitative estimate of drug-likeness (QED) is 0.323. The molecule has 0 fully saturated rings. The van der Waals surface area contributed by atoms with Crippen LogP contribution in [-0.4, -0.2) is 21.1 Å². The molecule has 0 spiro atoms. The molecule has 0 saturated heterocycles. The van der Waals surface area contributed by atoms with Gasteiger partial charge >= 0.3 is 11.9 Å². The standard InChI is InChI=1S/C17H9Br2ClF4N2O2/c1-25-14-11(26(16(25)28)6-17(22,23)24)5-9(18)12(13(14)19)15(27)8-4-7(21)2-3-10(8)20/h2-5H,6H2,1H3/i1D3. The molecule has 0 amide bonds. The van der Waals surface area contributed by atoms with E-state index < -0.39 is 42.5 Å². The zero-order chi connectivity index (χ0) is 23.5. The molecule has 148 valence electrons. The molecule has 0 unspecified atom stereocenters. The average Bonchev–Trinajstić information content (AvgIpc) is 2.88. The second-order valence-corrected chi connectivity index (χ2v) is 7.74. The number of benzene rings is 2. The first kappa shape index (κ1) is 17.2. The summed E-state index contributed by atoms with van der Waals surface area (Å²) in [7, 11) is 0. The van der Waals surface area contributed by atoms with Crippen molar-refractivity contribution in [3.8, 4) is 0 Å². The van der Waals surface area contributed by atoms with E-state index in [1.807, 2.05) is 0 Å². The summed E-state index contributed by atoms with van der Waals surface area (Å²) in [6.45, 7) is -4.90. The molecule has 1 heterocycles. The second kappa shape index (κ2) is 7.31. The summed E-state index contributed by atoms with van der Waals surface area (Å²) in [4.78, 5) is 25.7. The number of nitrogens with zero attached hydrogens (tertiary/aromatic N) is 2. The Balaban J connectivity index is 2.41. The molecular weight excluding hydrogens is 535 g/mol. The Morgan fingerprint density at radius 1 is 1.29 bits per heavy atom. The topological polar surface area (TPSA) is 44.0 Å². The van der Waals surface area contributed by atoms with Gasteiger partial charge in [0.2, 0.25) is 0 Å². The van der Waals surface area contributed by atoms with Gasteiger partial charge in [0.15, 0.2) is 5.78 Å². The molecule has 0 aliphatic rings.